The molecule has 0 saturated carbocycles. The van der Waals surface area contributed by atoms with E-state index in [2.05, 4.69) is 48.8 Å². The summed E-state index contributed by atoms with van der Waals surface area (Å²) in [6.07, 6.45) is 5.79. The molecule has 1 heterocycles. The molecule has 3 nitrogen and oxygen atoms in total. The van der Waals surface area contributed by atoms with Crippen molar-refractivity contribution in [2.75, 3.05) is 11.9 Å². The normalized spacial score (nSPS) is 11.1. The van der Waals surface area contributed by atoms with Crippen molar-refractivity contribution >= 4 is 5.95 Å². The van der Waals surface area contributed by atoms with Gasteiger partial charge in [-0.05, 0) is 32.1 Å². The van der Waals surface area contributed by atoms with Crippen molar-refractivity contribution in [1.29, 1.82) is 0 Å². The molecule has 0 fully saturated rings. The SMILES string of the molecule is CCCNc1nc(C)cn1CCCC(C)C. The van der Waals surface area contributed by atoms with E-state index in [1.54, 1.807) is 0 Å². The minimum Gasteiger partial charge on any atom is -0.356 e. The van der Waals surface area contributed by atoms with Crippen LogP contribution in [0.1, 0.15) is 45.7 Å². The first-order valence-electron chi connectivity index (χ1n) is 6.41. The van der Waals surface area contributed by atoms with Crippen molar-refractivity contribution in [3.05, 3.63) is 11.9 Å². The van der Waals surface area contributed by atoms with E-state index in [1.807, 2.05) is 0 Å². The van der Waals surface area contributed by atoms with Gasteiger partial charge in [-0.15, -0.1) is 0 Å². The molecule has 1 aromatic rings. The summed E-state index contributed by atoms with van der Waals surface area (Å²) in [6, 6.07) is 0. The maximum atomic E-state index is 4.50. The van der Waals surface area contributed by atoms with Crippen molar-refractivity contribution in [3.63, 3.8) is 0 Å². The van der Waals surface area contributed by atoms with Crippen molar-refractivity contribution < 1.29 is 0 Å². The summed E-state index contributed by atoms with van der Waals surface area (Å²) in [5.41, 5.74) is 1.10. The van der Waals surface area contributed by atoms with Crippen LogP contribution >= 0.6 is 0 Å². The molecule has 0 spiro atoms. The van der Waals surface area contributed by atoms with E-state index in [9.17, 15) is 0 Å². The third-order valence-corrected chi connectivity index (χ3v) is 2.61. The van der Waals surface area contributed by atoms with Gasteiger partial charge in [0, 0.05) is 19.3 Å². The molecule has 0 aliphatic heterocycles. The average molecular weight is 223 g/mol. The van der Waals surface area contributed by atoms with Crippen molar-refractivity contribution in [3.8, 4) is 0 Å². The first kappa shape index (κ1) is 13.1. The quantitative estimate of drug-likeness (QED) is 0.767. The molecule has 1 aromatic heterocycles. The molecule has 0 aliphatic carbocycles. The summed E-state index contributed by atoms with van der Waals surface area (Å²) in [7, 11) is 0. The van der Waals surface area contributed by atoms with Crippen molar-refractivity contribution in [2.45, 2.75) is 53.5 Å². The summed E-state index contributed by atoms with van der Waals surface area (Å²) in [4.78, 5) is 4.50. The van der Waals surface area contributed by atoms with Crippen LogP contribution in [-0.2, 0) is 6.54 Å². The van der Waals surface area contributed by atoms with Gasteiger partial charge in [-0.25, -0.2) is 4.98 Å². The summed E-state index contributed by atoms with van der Waals surface area (Å²) >= 11 is 0. The Balaban J connectivity index is 2.49. The number of anilines is 1. The van der Waals surface area contributed by atoms with Gasteiger partial charge in [0.2, 0.25) is 5.95 Å². The first-order chi connectivity index (χ1) is 7.63. The summed E-state index contributed by atoms with van der Waals surface area (Å²) < 4.78 is 2.24. The second-order valence-electron chi connectivity index (χ2n) is 4.86. The van der Waals surface area contributed by atoms with Gasteiger partial charge in [0.05, 0.1) is 5.69 Å². The predicted molar refractivity (Wildman–Crippen MR) is 69.8 cm³/mol. The molecule has 3 heteroatoms. The first-order valence-corrected chi connectivity index (χ1v) is 6.41. The maximum absolute atomic E-state index is 4.50. The van der Waals surface area contributed by atoms with Gasteiger partial charge in [-0.2, -0.15) is 0 Å². The fourth-order valence-corrected chi connectivity index (χ4v) is 1.77. The maximum Gasteiger partial charge on any atom is 0.203 e. The fraction of sp³-hybridized carbons (Fsp3) is 0.769. The lowest BCUT2D eigenvalue weighted by molar-refractivity contribution is 0.513. The number of rotatable bonds is 7. The Bertz CT molecular complexity index is 302. The fourth-order valence-electron chi connectivity index (χ4n) is 1.77. The number of hydrogen-bond donors (Lipinski definition) is 1. The van der Waals surface area contributed by atoms with E-state index in [1.165, 1.54) is 12.8 Å². The van der Waals surface area contributed by atoms with E-state index in [0.29, 0.717) is 0 Å². The molecule has 0 bridgehead atoms. The van der Waals surface area contributed by atoms with Crippen LogP contribution in [0.5, 0.6) is 0 Å². The number of imidazole rings is 1. The van der Waals surface area contributed by atoms with Crippen LogP contribution in [0, 0.1) is 12.8 Å². The Morgan fingerprint density at radius 1 is 1.44 bits per heavy atom. The van der Waals surface area contributed by atoms with Gasteiger partial charge < -0.3 is 9.88 Å². The Morgan fingerprint density at radius 3 is 2.81 bits per heavy atom. The molecule has 0 unspecified atom stereocenters. The van der Waals surface area contributed by atoms with Crippen LogP contribution < -0.4 is 5.32 Å². The zero-order valence-electron chi connectivity index (χ0n) is 11.1. The second-order valence-corrected chi connectivity index (χ2v) is 4.86. The van der Waals surface area contributed by atoms with Crippen LogP contribution in [-0.4, -0.2) is 16.1 Å². The highest BCUT2D eigenvalue weighted by atomic mass is 15.2. The number of nitrogens with zero attached hydrogens (tertiary/aromatic N) is 2. The van der Waals surface area contributed by atoms with Crippen LogP contribution in [0.25, 0.3) is 0 Å². The molecular formula is C13H25N3. The highest BCUT2D eigenvalue weighted by molar-refractivity contribution is 5.28. The van der Waals surface area contributed by atoms with E-state index >= 15 is 0 Å². The van der Waals surface area contributed by atoms with E-state index in [4.69, 9.17) is 0 Å². The summed E-state index contributed by atoms with van der Waals surface area (Å²) in [5.74, 6) is 1.82. The van der Waals surface area contributed by atoms with Gasteiger partial charge in [-0.1, -0.05) is 20.8 Å². The van der Waals surface area contributed by atoms with Gasteiger partial charge >= 0.3 is 0 Å². The molecule has 0 amide bonds. The molecule has 92 valence electrons. The number of nitrogens with one attached hydrogen (secondary N) is 1. The number of aryl methyl sites for hydroxylation is 2. The molecule has 16 heavy (non-hydrogen) atoms. The Morgan fingerprint density at radius 2 is 2.19 bits per heavy atom. The second kappa shape index (κ2) is 6.56. The smallest absolute Gasteiger partial charge is 0.203 e. The van der Waals surface area contributed by atoms with Crippen LogP contribution in [0.15, 0.2) is 6.20 Å². The third-order valence-electron chi connectivity index (χ3n) is 2.61. The zero-order valence-corrected chi connectivity index (χ0v) is 11.1. The topological polar surface area (TPSA) is 29.9 Å². The lowest BCUT2D eigenvalue weighted by Crippen LogP contribution is -2.08. The van der Waals surface area contributed by atoms with Gasteiger partial charge in [-0.3, -0.25) is 0 Å². The lowest BCUT2D eigenvalue weighted by Gasteiger charge is -2.09. The van der Waals surface area contributed by atoms with Crippen LogP contribution in [0.4, 0.5) is 5.95 Å². The van der Waals surface area contributed by atoms with E-state index in [-0.39, 0.29) is 0 Å². The zero-order chi connectivity index (χ0) is 12.0. The lowest BCUT2D eigenvalue weighted by atomic mass is 10.1. The monoisotopic (exact) mass is 223 g/mol. The van der Waals surface area contributed by atoms with Crippen molar-refractivity contribution in [2.24, 2.45) is 5.92 Å². The molecule has 0 saturated heterocycles. The average Bonchev–Trinajstić information content (AvgIpc) is 2.55. The molecular weight excluding hydrogens is 198 g/mol. The molecule has 0 aliphatic rings. The molecule has 0 radical (unpaired) electrons. The Labute approximate surface area is 99.3 Å². The minimum atomic E-state index is 0.789. The van der Waals surface area contributed by atoms with E-state index < -0.39 is 0 Å². The van der Waals surface area contributed by atoms with Gasteiger partial charge in [0.25, 0.3) is 0 Å². The van der Waals surface area contributed by atoms with Gasteiger partial charge in [0.1, 0.15) is 0 Å². The summed E-state index contributed by atoms with van der Waals surface area (Å²) in [6.45, 7) is 10.8. The van der Waals surface area contributed by atoms with Crippen LogP contribution in [0.2, 0.25) is 0 Å². The largest absolute Gasteiger partial charge is 0.356 e. The number of aromatic nitrogens is 2. The van der Waals surface area contributed by atoms with Crippen molar-refractivity contribution in [1.82, 2.24) is 9.55 Å². The van der Waals surface area contributed by atoms with Gasteiger partial charge in [0.15, 0.2) is 0 Å². The molecule has 0 atom stereocenters. The Hall–Kier alpha value is -0.990. The summed E-state index contributed by atoms with van der Waals surface area (Å²) in [5, 5.41) is 3.37. The van der Waals surface area contributed by atoms with Crippen LogP contribution in [0.3, 0.4) is 0 Å². The molecule has 1 N–H and O–H groups in total. The third kappa shape index (κ3) is 4.25. The number of hydrogen-bond acceptors (Lipinski definition) is 2. The highest BCUT2D eigenvalue weighted by Gasteiger charge is 2.04. The Kier molecular flexibility index (Phi) is 5.36. The predicted octanol–water partition coefficient (Wildman–Crippen LogP) is 3.45. The minimum absolute atomic E-state index is 0.789. The molecule has 0 aromatic carbocycles. The standard InChI is InChI=1S/C13H25N3/c1-5-8-14-13-15-12(4)10-16(13)9-6-7-11(2)3/h10-11H,5-9H2,1-4H3,(H,14,15). The molecule has 1 rings (SSSR count). The highest BCUT2D eigenvalue weighted by Crippen LogP contribution is 2.12. The van der Waals surface area contributed by atoms with E-state index in [0.717, 1.165) is 37.1 Å².